The summed E-state index contributed by atoms with van der Waals surface area (Å²) in [5.74, 6) is 0.890. The second-order valence-corrected chi connectivity index (χ2v) is 7.51. The summed E-state index contributed by atoms with van der Waals surface area (Å²) in [6, 6.07) is 0. The highest BCUT2D eigenvalue weighted by molar-refractivity contribution is 4.78. The molecule has 0 spiro atoms. The first-order valence-electron chi connectivity index (χ1n) is 7.33. The molecule has 0 heteroatoms. The molecule has 0 aromatic rings. The normalized spacial score (nSPS) is 31.7. The van der Waals surface area contributed by atoms with E-state index in [2.05, 4.69) is 34.6 Å². The summed E-state index contributed by atoms with van der Waals surface area (Å²) in [5.41, 5.74) is 1.16. The fraction of sp³-hybridized carbons (Fsp3) is 1.00. The zero-order valence-electron chi connectivity index (χ0n) is 12.2. The van der Waals surface area contributed by atoms with Gasteiger partial charge in [0.1, 0.15) is 0 Å². The Labute approximate surface area is 103 Å². The Morgan fingerprint density at radius 2 is 1.31 bits per heavy atom. The minimum absolute atomic E-state index is 0.564. The Morgan fingerprint density at radius 1 is 0.750 bits per heavy atom. The SMILES string of the molecule is CC1CCCC(C)(C)CCCCCC1(C)C. The smallest absolute Gasteiger partial charge is 0.0329 e. The monoisotopic (exact) mass is 224 g/mol. The van der Waals surface area contributed by atoms with Crippen LogP contribution in [-0.4, -0.2) is 0 Å². The molecule has 0 N–H and O–H groups in total. The lowest BCUT2D eigenvalue weighted by molar-refractivity contribution is 0.187. The molecule has 1 atom stereocenters. The van der Waals surface area contributed by atoms with Gasteiger partial charge in [-0.1, -0.05) is 66.7 Å². The summed E-state index contributed by atoms with van der Waals surface area (Å²) in [6.07, 6.45) is 11.5. The van der Waals surface area contributed by atoms with E-state index in [1.54, 1.807) is 0 Å². The van der Waals surface area contributed by atoms with E-state index >= 15 is 0 Å². The van der Waals surface area contributed by atoms with Crippen molar-refractivity contribution in [1.82, 2.24) is 0 Å². The van der Waals surface area contributed by atoms with Crippen molar-refractivity contribution >= 4 is 0 Å². The molecule has 96 valence electrons. The third-order valence-corrected chi connectivity index (χ3v) is 5.00. The first-order valence-corrected chi connectivity index (χ1v) is 7.33. The summed E-state index contributed by atoms with van der Waals surface area (Å²) in [5, 5.41) is 0. The summed E-state index contributed by atoms with van der Waals surface area (Å²) in [4.78, 5) is 0. The van der Waals surface area contributed by atoms with Crippen molar-refractivity contribution in [3.05, 3.63) is 0 Å². The molecule has 0 amide bonds. The van der Waals surface area contributed by atoms with Crippen molar-refractivity contribution in [2.75, 3.05) is 0 Å². The second-order valence-electron chi connectivity index (χ2n) is 7.51. The first kappa shape index (κ1) is 14.1. The Morgan fingerprint density at radius 3 is 2.00 bits per heavy atom. The highest BCUT2D eigenvalue weighted by atomic mass is 14.3. The fourth-order valence-electron chi connectivity index (χ4n) is 3.01. The van der Waals surface area contributed by atoms with Gasteiger partial charge >= 0.3 is 0 Å². The van der Waals surface area contributed by atoms with Gasteiger partial charge in [-0.2, -0.15) is 0 Å². The third kappa shape index (κ3) is 4.47. The van der Waals surface area contributed by atoms with Crippen LogP contribution in [0.3, 0.4) is 0 Å². The number of hydrogen-bond donors (Lipinski definition) is 0. The van der Waals surface area contributed by atoms with Crippen molar-refractivity contribution in [3.8, 4) is 0 Å². The molecule has 0 aliphatic heterocycles. The molecule has 1 aliphatic rings. The number of hydrogen-bond acceptors (Lipinski definition) is 0. The lowest BCUT2D eigenvalue weighted by Gasteiger charge is -2.32. The van der Waals surface area contributed by atoms with Crippen molar-refractivity contribution < 1.29 is 0 Å². The minimum Gasteiger partial charge on any atom is -0.0620 e. The maximum absolute atomic E-state index is 2.47. The molecule has 1 fully saturated rings. The van der Waals surface area contributed by atoms with E-state index in [0.29, 0.717) is 10.8 Å². The van der Waals surface area contributed by atoms with Crippen molar-refractivity contribution in [1.29, 1.82) is 0 Å². The van der Waals surface area contributed by atoms with Crippen molar-refractivity contribution in [3.63, 3.8) is 0 Å². The van der Waals surface area contributed by atoms with E-state index in [9.17, 15) is 0 Å². The molecule has 1 aliphatic carbocycles. The van der Waals surface area contributed by atoms with E-state index in [4.69, 9.17) is 0 Å². The van der Waals surface area contributed by atoms with Gasteiger partial charge in [0.15, 0.2) is 0 Å². The third-order valence-electron chi connectivity index (χ3n) is 5.00. The average molecular weight is 224 g/mol. The largest absolute Gasteiger partial charge is 0.0620 e. The molecule has 0 heterocycles. The maximum Gasteiger partial charge on any atom is -0.0329 e. The van der Waals surface area contributed by atoms with Crippen LogP contribution in [0.5, 0.6) is 0 Å². The zero-order valence-corrected chi connectivity index (χ0v) is 12.2. The van der Waals surface area contributed by atoms with Gasteiger partial charge in [0.05, 0.1) is 0 Å². The summed E-state index contributed by atoms with van der Waals surface area (Å²) < 4.78 is 0. The highest BCUT2D eigenvalue weighted by Crippen LogP contribution is 2.39. The topological polar surface area (TPSA) is 0 Å². The van der Waals surface area contributed by atoms with Crippen LogP contribution in [0.15, 0.2) is 0 Å². The van der Waals surface area contributed by atoms with Crippen LogP contribution in [0.2, 0.25) is 0 Å². The van der Waals surface area contributed by atoms with Crippen LogP contribution >= 0.6 is 0 Å². The standard InChI is InChI=1S/C16H32/c1-14-10-9-12-15(2,3)11-7-6-8-13-16(14,4)5/h14H,6-13H2,1-5H3. The van der Waals surface area contributed by atoms with Crippen LogP contribution in [0.25, 0.3) is 0 Å². The summed E-state index contributed by atoms with van der Waals surface area (Å²) in [7, 11) is 0. The zero-order chi connectivity index (χ0) is 12.2. The van der Waals surface area contributed by atoms with E-state index in [-0.39, 0.29) is 0 Å². The quantitative estimate of drug-likeness (QED) is 0.487. The Balaban J connectivity index is 2.56. The summed E-state index contributed by atoms with van der Waals surface area (Å²) >= 11 is 0. The molecule has 0 aromatic heterocycles. The van der Waals surface area contributed by atoms with Crippen LogP contribution in [0, 0.1) is 16.7 Å². The summed E-state index contributed by atoms with van der Waals surface area (Å²) in [6.45, 7) is 12.3. The molecule has 1 rings (SSSR count). The minimum atomic E-state index is 0.564. The van der Waals surface area contributed by atoms with E-state index in [0.717, 1.165) is 5.92 Å². The average Bonchev–Trinajstić information content (AvgIpc) is 2.16. The van der Waals surface area contributed by atoms with E-state index in [1.165, 1.54) is 51.4 Å². The van der Waals surface area contributed by atoms with Gasteiger partial charge in [0.2, 0.25) is 0 Å². The van der Waals surface area contributed by atoms with Gasteiger partial charge in [-0.15, -0.1) is 0 Å². The van der Waals surface area contributed by atoms with Gasteiger partial charge in [0.25, 0.3) is 0 Å². The molecular formula is C16H32. The van der Waals surface area contributed by atoms with Gasteiger partial charge in [-0.05, 0) is 36.0 Å². The van der Waals surface area contributed by atoms with Crippen molar-refractivity contribution in [2.24, 2.45) is 16.7 Å². The first-order chi connectivity index (χ1) is 7.33. The van der Waals surface area contributed by atoms with Crippen LogP contribution in [0.1, 0.15) is 86.0 Å². The second kappa shape index (κ2) is 5.56. The fourth-order valence-corrected chi connectivity index (χ4v) is 3.01. The van der Waals surface area contributed by atoms with Gasteiger partial charge in [-0.3, -0.25) is 0 Å². The molecule has 0 bridgehead atoms. The lowest BCUT2D eigenvalue weighted by Crippen LogP contribution is -2.21. The number of rotatable bonds is 0. The Kier molecular flexibility index (Phi) is 4.88. The Bertz CT molecular complexity index is 200. The molecule has 0 nitrogen and oxygen atoms in total. The predicted molar refractivity (Wildman–Crippen MR) is 73.7 cm³/mol. The molecule has 0 radical (unpaired) electrons. The molecule has 0 aromatic carbocycles. The van der Waals surface area contributed by atoms with Crippen LogP contribution in [0.4, 0.5) is 0 Å². The molecular weight excluding hydrogens is 192 g/mol. The molecule has 1 unspecified atom stereocenters. The highest BCUT2D eigenvalue weighted by Gasteiger charge is 2.27. The Hall–Kier alpha value is 0. The molecule has 16 heavy (non-hydrogen) atoms. The van der Waals surface area contributed by atoms with Crippen molar-refractivity contribution in [2.45, 2.75) is 86.0 Å². The predicted octanol–water partition coefficient (Wildman–Crippen LogP) is 5.81. The van der Waals surface area contributed by atoms with E-state index in [1.807, 2.05) is 0 Å². The van der Waals surface area contributed by atoms with Gasteiger partial charge in [0, 0.05) is 0 Å². The lowest BCUT2D eigenvalue weighted by atomic mass is 9.73. The van der Waals surface area contributed by atoms with Crippen LogP contribution < -0.4 is 0 Å². The molecule has 0 saturated heterocycles. The van der Waals surface area contributed by atoms with Gasteiger partial charge in [-0.25, -0.2) is 0 Å². The molecule has 1 saturated carbocycles. The van der Waals surface area contributed by atoms with Crippen LogP contribution in [-0.2, 0) is 0 Å². The van der Waals surface area contributed by atoms with E-state index < -0.39 is 0 Å². The maximum atomic E-state index is 2.47. The van der Waals surface area contributed by atoms with Gasteiger partial charge < -0.3 is 0 Å².